The molecule has 2 aromatic heterocycles. The molecule has 0 aliphatic heterocycles. The summed E-state index contributed by atoms with van der Waals surface area (Å²) in [6.45, 7) is 3.94. The number of rotatable bonds is 4. The molecule has 92 valence electrons. The van der Waals surface area contributed by atoms with E-state index in [0.717, 1.165) is 5.56 Å². The summed E-state index contributed by atoms with van der Waals surface area (Å²) >= 11 is 1.33. The molecular weight excluding hydrogens is 248 g/mol. The molecule has 0 saturated heterocycles. The summed E-state index contributed by atoms with van der Waals surface area (Å²) in [6, 6.07) is 5.52. The first-order chi connectivity index (χ1) is 8.72. The predicted octanol–water partition coefficient (Wildman–Crippen LogP) is 3.01. The van der Waals surface area contributed by atoms with Crippen molar-refractivity contribution < 1.29 is 9.53 Å². The minimum absolute atomic E-state index is 0.352. The number of hydrogen-bond donors (Lipinski definition) is 1. The van der Waals surface area contributed by atoms with Gasteiger partial charge in [-0.2, -0.15) is 0 Å². The lowest BCUT2D eigenvalue weighted by Crippen LogP contribution is -2.04. The van der Waals surface area contributed by atoms with Gasteiger partial charge in [-0.15, -0.1) is 11.3 Å². The standard InChI is InChI=1S/C13H12N2O2S/c1-9(10-3-6-14-7-4-10)15-11-5-8-18-12(11)13(16)17-2/h3-8,15H,1H2,2H3. The molecule has 0 radical (unpaired) electrons. The Kier molecular flexibility index (Phi) is 3.74. The maximum Gasteiger partial charge on any atom is 0.350 e. The van der Waals surface area contributed by atoms with Gasteiger partial charge in [0.05, 0.1) is 12.8 Å². The number of methoxy groups -OCH3 is 1. The van der Waals surface area contributed by atoms with Crippen molar-refractivity contribution in [3.63, 3.8) is 0 Å². The van der Waals surface area contributed by atoms with Crippen LogP contribution in [0.1, 0.15) is 15.2 Å². The van der Waals surface area contributed by atoms with Crippen molar-refractivity contribution in [3.8, 4) is 0 Å². The third kappa shape index (κ3) is 2.57. The first kappa shape index (κ1) is 12.3. The second-order valence-corrected chi connectivity index (χ2v) is 4.41. The van der Waals surface area contributed by atoms with Gasteiger partial charge in [-0.25, -0.2) is 4.79 Å². The number of aromatic nitrogens is 1. The summed E-state index contributed by atoms with van der Waals surface area (Å²) in [5.74, 6) is -0.352. The molecule has 0 atom stereocenters. The Morgan fingerprint density at radius 1 is 1.39 bits per heavy atom. The van der Waals surface area contributed by atoms with Gasteiger partial charge in [0.15, 0.2) is 0 Å². The van der Waals surface area contributed by atoms with Gasteiger partial charge in [0.1, 0.15) is 4.88 Å². The highest BCUT2D eigenvalue weighted by molar-refractivity contribution is 7.12. The number of nitrogens with one attached hydrogen (secondary N) is 1. The Hall–Kier alpha value is -2.14. The van der Waals surface area contributed by atoms with Crippen LogP contribution in [0.5, 0.6) is 0 Å². The number of anilines is 1. The van der Waals surface area contributed by atoms with E-state index in [1.807, 2.05) is 23.6 Å². The number of pyridine rings is 1. The Morgan fingerprint density at radius 3 is 2.78 bits per heavy atom. The molecule has 2 aromatic rings. The zero-order chi connectivity index (χ0) is 13.0. The first-order valence-electron chi connectivity index (χ1n) is 5.24. The molecule has 0 unspecified atom stereocenters. The molecule has 0 bridgehead atoms. The van der Waals surface area contributed by atoms with Crippen LogP contribution >= 0.6 is 11.3 Å². The molecule has 4 nitrogen and oxygen atoms in total. The van der Waals surface area contributed by atoms with Crippen molar-refractivity contribution in [2.45, 2.75) is 0 Å². The minimum atomic E-state index is -0.352. The quantitative estimate of drug-likeness (QED) is 0.858. The molecule has 0 aliphatic carbocycles. The van der Waals surface area contributed by atoms with Crippen LogP contribution in [0.4, 0.5) is 5.69 Å². The Bertz CT molecular complexity index is 563. The van der Waals surface area contributed by atoms with Crippen LogP contribution in [0.3, 0.4) is 0 Å². The van der Waals surface area contributed by atoms with Gasteiger partial charge in [-0.3, -0.25) is 4.98 Å². The Balaban J connectivity index is 2.18. The van der Waals surface area contributed by atoms with E-state index in [0.29, 0.717) is 16.3 Å². The fourth-order valence-electron chi connectivity index (χ4n) is 1.45. The van der Waals surface area contributed by atoms with Crippen LogP contribution in [0.15, 0.2) is 42.6 Å². The van der Waals surface area contributed by atoms with Crippen molar-refractivity contribution in [1.82, 2.24) is 4.98 Å². The molecule has 0 spiro atoms. The number of thiophene rings is 1. The molecule has 0 aliphatic rings. The average molecular weight is 260 g/mol. The second kappa shape index (κ2) is 5.46. The lowest BCUT2D eigenvalue weighted by Gasteiger charge is -2.09. The van der Waals surface area contributed by atoms with Crippen LogP contribution in [0, 0.1) is 0 Å². The summed E-state index contributed by atoms with van der Waals surface area (Å²) in [6.07, 6.45) is 3.38. The van der Waals surface area contributed by atoms with E-state index >= 15 is 0 Å². The second-order valence-electron chi connectivity index (χ2n) is 3.49. The van der Waals surface area contributed by atoms with Crippen molar-refractivity contribution in [3.05, 3.63) is 53.0 Å². The van der Waals surface area contributed by atoms with E-state index in [9.17, 15) is 4.79 Å². The summed E-state index contributed by atoms with van der Waals surface area (Å²) in [7, 11) is 1.36. The topological polar surface area (TPSA) is 51.2 Å². The van der Waals surface area contributed by atoms with Crippen molar-refractivity contribution in [1.29, 1.82) is 0 Å². The van der Waals surface area contributed by atoms with E-state index < -0.39 is 0 Å². The highest BCUT2D eigenvalue weighted by Crippen LogP contribution is 2.26. The van der Waals surface area contributed by atoms with Crippen LogP contribution in [-0.4, -0.2) is 18.1 Å². The molecule has 0 fully saturated rings. The van der Waals surface area contributed by atoms with E-state index in [4.69, 9.17) is 4.74 Å². The molecule has 0 aromatic carbocycles. The lowest BCUT2D eigenvalue weighted by atomic mass is 10.2. The Morgan fingerprint density at radius 2 is 2.11 bits per heavy atom. The zero-order valence-corrected chi connectivity index (χ0v) is 10.7. The van der Waals surface area contributed by atoms with Crippen LogP contribution in [-0.2, 0) is 4.74 Å². The predicted molar refractivity (Wildman–Crippen MR) is 72.6 cm³/mol. The number of ether oxygens (including phenoxy) is 1. The molecule has 5 heteroatoms. The van der Waals surface area contributed by atoms with E-state index in [1.54, 1.807) is 12.4 Å². The number of nitrogens with zero attached hydrogens (tertiary/aromatic N) is 1. The number of hydrogen-bond acceptors (Lipinski definition) is 5. The fraction of sp³-hybridized carbons (Fsp3) is 0.0769. The van der Waals surface area contributed by atoms with Crippen molar-refractivity contribution in [2.75, 3.05) is 12.4 Å². The third-order valence-electron chi connectivity index (χ3n) is 2.35. The molecule has 2 rings (SSSR count). The summed E-state index contributed by atoms with van der Waals surface area (Å²) in [4.78, 5) is 16.0. The van der Waals surface area contributed by atoms with E-state index in [1.165, 1.54) is 18.4 Å². The highest BCUT2D eigenvalue weighted by atomic mass is 32.1. The van der Waals surface area contributed by atoms with Crippen LogP contribution < -0.4 is 5.32 Å². The molecule has 2 heterocycles. The normalized spacial score (nSPS) is 9.83. The van der Waals surface area contributed by atoms with Crippen LogP contribution in [0.2, 0.25) is 0 Å². The monoisotopic (exact) mass is 260 g/mol. The molecule has 18 heavy (non-hydrogen) atoms. The maximum atomic E-state index is 11.5. The van der Waals surface area contributed by atoms with Crippen molar-refractivity contribution >= 4 is 28.7 Å². The van der Waals surface area contributed by atoms with Gasteiger partial charge in [0.25, 0.3) is 0 Å². The smallest absolute Gasteiger partial charge is 0.350 e. The minimum Gasteiger partial charge on any atom is -0.465 e. The van der Waals surface area contributed by atoms with Gasteiger partial charge >= 0.3 is 5.97 Å². The number of carbonyl (C=O) groups is 1. The summed E-state index contributed by atoms with van der Waals surface area (Å²) in [5, 5.41) is 4.94. The number of carbonyl (C=O) groups excluding carboxylic acids is 1. The summed E-state index contributed by atoms with van der Waals surface area (Å²) < 4.78 is 4.71. The van der Waals surface area contributed by atoms with Crippen LogP contribution in [0.25, 0.3) is 5.70 Å². The molecular formula is C13H12N2O2S. The lowest BCUT2D eigenvalue weighted by molar-refractivity contribution is 0.0607. The van der Waals surface area contributed by atoms with Crippen molar-refractivity contribution in [2.24, 2.45) is 0 Å². The third-order valence-corrected chi connectivity index (χ3v) is 3.24. The van der Waals surface area contributed by atoms with Gasteiger partial charge < -0.3 is 10.1 Å². The zero-order valence-electron chi connectivity index (χ0n) is 9.84. The van der Waals surface area contributed by atoms with Gasteiger partial charge in [-0.05, 0) is 23.6 Å². The van der Waals surface area contributed by atoms with Gasteiger partial charge in [0.2, 0.25) is 0 Å². The van der Waals surface area contributed by atoms with E-state index in [2.05, 4.69) is 16.9 Å². The SMILES string of the molecule is C=C(Nc1ccsc1C(=O)OC)c1ccncc1. The van der Waals surface area contributed by atoms with Gasteiger partial charge in [0, 0.05) is 23.7 Å². The largest absolute Gasteiger partial charge is 0.465 e. The first-order valence-corrected chi connectivity index (χ1v) is 6.12. The molecule has 1 N–H and O–H groups in total. The Labute approximate surface area is 109 Å². The average Bonchev–Trinajstić information content (AvgIpc) is 2.87. The fourth-order valence-corrected chi connectivity index (χ4v) is 2.21. The molecule has 0 saturated carbocycles. The summed E-state index contributed by atoms with van der Waals surface area (Å²) in [5.41, 5.74) is 2.33. The molecule has 0 amide bonds. The highest BCUT2D eigenvalue weighted by Gasteiger charge is 2.14. The van der Waals surface area contributed by atoms with E-state index in [-0.39, 0.29) is 5.97 Å². The maximum absolute atomic E-state index is 11.5. The number of esters is 1. The van der Waals surface area contributed by atoms with Gasteiger partial charge in [-0.1, -0.05) is 6.58 Å².